The minimum atomic E-state index is -4.21. The van der Waals surface area contributed by atoms with Gasteiger partial charge in [-0.15, -0.1) is 0 Å². The molecule has 2 aromatic carbocycles. The van der Waals surface area contributed by atoms with E-state index >= 15 is 0 Å². The van der Waals surface area contributed by atoms with Gasteiger partial charge in [0.1, 0.15) is 142 Å². The number of nitrogen functional groups attached to an aromatic ring is 3. The maximum absolute atomic E-state index is 13.6. The SMILES string of the molecule is COC(=O)C(C)NP(=O)(Cl)Oc1ccccc1.COC(=O)C(C)NP(=O)(OCC1O[C@@H](n2cc(C(N)=S)c3c(N)ncnc32)[C@H](O)C1O)Oc1ccccc1.NC(=S)c1cn([C@@H]2OC(CO)C(O)[C@H]2O)c2ncnc(N)c12.[C-]#[N+]c1cn([C@@H]2OC(CO)C(O)[C@H]2O)c2ncnc(N)c12. The quantitative estimate of drug-likeness (QED) is 0.0215. The van der Waals surface area contributed by atoms with Gasteiger partial charge in [-0.05, 0) is 38.1 Å². The smallest absolute Gasteiger partial charge is 0.459 e. The molecule has 0 aliphatic carbocycles. The number of methoxy groups -OCH3 is 2. The zero-order valence-corrected chi connectivity index (χ0v) is 56.0. The lowest BCUT2D eigenvalue weighted by Crippen LogP contribution is -2.37. The van der Waals surface area contributed by atoms with Crippen LogP contribution in [0.2, 0.25) is 0 Å². The van der Waals surface area contributed by atoms with E-state index in [1.54, 1.807) is 66.9 Å². The third-order valence-corrected chi connectivity index (χ3v) is 18.6. The van der Waals surface area contributed by atoms with Gasteiger partial charge in [-0.1, -0.05) is 60.8 Å². The predicted octanol–water partition coefficient (Wildman–Crippen LogP) is 0.620. The van der Waals surface area contributed by atoms with Gasteiger partial charge in [0.15, 0.2) is 18.7 Å². The number of benzene rings is 2. The molecule has 20 N–H and O–H groups in total. The number of nitrogens with zero attached hydrogens (tertiary/aromatic N) is 10. The Balaban J connectivity index is 0.000000176. The second-order valence-electron chi connectivity index (χ2n) is 21.4. The van der Waals surface area contributed by atoms with Crippen molar-refractivity contribution in [3.63, 3.8) is 0 Å². The molecule has 3 aliphatic heterocycles. The van der Waals surface area contributed by atoms with Gasteiger partial charge in [0, 0.05) is 41.0 Å². The average Bonchev–Trinajstić information content (AvgIpc) is 1.61. The Hall–Kier alpha value is -8.30. The van der Waals surface area contributed by atoms with Gasteiger partial charge in [0.05, 0.1) is 56.8 Å². The summed E-state index contributed by atoms with van der Waals surface area (Å²) in [4.78, 5) is 50.6. The van der Waals surface area contributed by atoms with E-state index in [1.807, 2.05) is 0 Å². The van der Waals surface area contributed by atoms with Crippen LogP contribution in [0.25, 0.3) is 37.9 Å². The number of carbonyl (C=O) groups is 2. The molecule has 98 heavy (non-hydrogen) atoms. The molecule has 0 radical (unpaired) electrons. The fourth-order valence-electron chi connectivity index (χ4n) is 10.1. The van der Waals surface area contributed by atoms with Crippen molar-refractivity contribution in [2.24, 2.45) is 11.5 Å². The molecule has 3 fully saturated rings. The lowest BCUT2D eigenvalue weighted by molar-refractivity contribution is -0.143. The summed E-state index contributed by atoms with van der Waals surface area (Å²) in [6, 6.07) is 14.7. The molecule has 526 valence electrons. The van der Waals surface area contributed by atoms with Crippen molar-refractivity contribution >= 4 is 128 Å². The van der Waals surface area contributed by atoms with Gasteiger partial charge in [-0.3, -0.25) is 14.1 Å². The van der Waals surface area contributed by atoms with Gasteiger partial charge in [-0.2, -0.15) is 5.09 Å². The summed E-state index contributed by atoms with van der Waals surface area (Å²) < 4.78 is 71.9. The first kappa shape index (κ1) is 75.5. The van der Waals surface area contributed by atoms with Crippen LogP contribution in [0.15, 0.2) is 98.2 Å². The van der Waals surface area contributed by atoms with Crippen LogP contribution in [0.1, 0.15) is 43.7 Å². The topological polar surface area (TPSA) is 555 Å². The monoisotopic (exact) mass is 1460 g/mol. The highest BCUT2D eigenvalue weighted by Crippen LogP contribution is 2.49. The summed E-state index contributed by atoms with van der Waals surface area (Å²) in [5.74, 6) is -0.248. The summed E-state index contributed by atoms with van der Waals surface area (Å²) in [7, 11) is -1.80. The number of halogens is 1. The van der Waals surface area contributed by atoms with Gasteiger partial charge in [0.25, 0.3) is 0 Å². The molecule has 3 saturated heterocycles. The number of aliphatic hydroxyl groups is 8. The average molecular weight is 1460 g/mol. The molecule has 0 bridgehead atoms. The number of aromatic nitrogens is 9. The third-order valence-electron chi connectivity index (χ3n) is 14.9. The van der Waals surface area contributed by atoms with Crippen LogP contribution in [-0.4, -0.2) is 207 Å². The van der Waals surface area contributed by atoms with Crippen LogP contribution in [0, 0.1) is 6.57 Å². The Morgan fingerprint density at radius 3 is 1.36 bits per heavy atom. The summed E-state index contributed by atoms with van der Waals surface area (Å²) in [6.07, 6.45) is -5.73. The molecule has 10 unspecified atom stereocenters. The highest BCUT2D eigenvalue weighted by Gasteiger charge is 2.48. The summed E-state index contributed by atoms with van der Waals surface area (Å²) in [6.45, 7) is 5.12. The van der Waals surface area contributed by atoms with Crippen molar-refractivity contribution in [2.45, 2.75) is 99.6 Å². The highest BCUT2D eigenvalue weighted by molar-refractivity contribution is 7.84. The van der Waals surface area contributed by atoms with Crippen molar-refractivity contribution < 1.29 is 96.8 Å². The van der Waals surface area contributed by atoms with E-state index in [0.717, 1.165) is 0 Å². The fraction of sp³-hybridized carbons (Fsp3) is 0.375. The number of carbonyl (C=O) groups excluding carboxylic acids is 2. The fourth-order valence-corrected chi connectivity index (χ4v) is 13.6. The Labute approximate surface area is 571 Å². The van der Waals surface area contributed by atoms with E-state index in [-0.39, 0.29) is 44.5 Å². The van der Waals surface area contributed by atoms with E-state index in [0.29, 0.717) is 44.3 Å². The van der Waals surface area contributed by atoms with E-state index in [2.05, 4.69) is 54.4 Å². The minimum absolute atomic E-state index is 0.0213. The number of fused-ring (bicyclic) bond motifs is 3. The molecule has 37 nitrogen and oxygen atoms in total. The van der Waals surface area contributed by atoms with Crippen LogP contribution in [0.3, 0.4) is 0 Å². The molecule has 16 atom stereocenters. The summed E-state index contributed by atoms with van der Waals surface area (Å²) >= 11 is 15.8. The molecule has 3 aliphatic rings. The largest absolute Gasteiger partial charge is 0.468 e. The first-order chi connectivity index (χ1) is 46.5. The molecule has 11 rings (SSSR count). The second-order valence-corrected chi connectivity index (χ2v) is 26.7. The van der Waals surface area contributed by atoms with Gasteiger partial charge < -0.3 is 116 Å². The zero-order chi connectivity index (χ0) is 71.7. The molecule has 42 heteroatoms. The van der Waals surface area contributed by atoms with Gasteiger partial charge >= 0.3 is 26.6 Å². The number of nitrogens with one attached hydrogen (secondary N) is 2. The molecular formula is C56H68ClN17O20P2S2. The normalized spacial score (nSPS) is 24.4. The van der Waals surface area contributed by atoms with Crippen molar-refractivity contribution in [1.82, 2.24) is 53.8 Å². The zero-order valence-electron chi connectivity index (χ0n) is 51.9. The van der Waals surface area contributed by atoms with Crippen molar-refractivity contribution in [1.29, 1.82) is 0 Å². The maximum atomic E-state index is 13.6. The van der Waals surface area contributed by atoms with Crippen LogP contribution in [0.4, 0.5) is 23.1 Å². The number of esters is 2. The van der Waals surface area contributed by atoms with Gasteiger partial charge in [0.2, 0.25) is 5.69 Å². The Morgan fingerprint density at radius 1 is 0.602 bits per heavy atom. The lowest BCUT2D eigenvalue weighted by atomic mass is 10.1. The molecule has 0 spiro atoms. The van der Waals surface area contributed by atoms with Crippen molar-refractivity contribution in [3.8, 4) is 11.5 Å². The molecular weight excluding hydrogens is 1390 g/mol. The lowest BCUT2D eigenvalue weighted by Gasteiger charge is -2.24. The number of anilines is 3. The number of nitrogens with two attached hydrogens (primary N) is 5. The maximum Gasteiger partial charge on any atom is 0.459 e. The second kappa shape index (κ2) is 32.6. The minimum Gasteiger partial charge on any atom is -0.468 e. The first-order valence-electron chi connectivity index (χ1n) is 28.8. The van der Waals surface area contributed by atoms with Crippen LogP contribution in [-0.2, 0) is 46.9 Å². The van der Waals surface area contributed by atoms with Crippen molar-refractivity contribution in [2.75, 3.05) is 51.2 Å². The first-order valence-corrected chi connectivity index (χ1v) is 33.7. The Bertz CT molecular complexity index is 4300. The number of hydrogen-bond acceptors (Lipinski definition) is 31. The third kappa shape index (κ3) is 16.9. The summed E-state index contributed by atoms with van der Waals surface area (Å²) in [5, 5.41) is 85.8. The molecule has 8 aromatic rings. The molecule has 9 heterocycles. The van der Waals surface area contributed by atoms with Crippen LogP contribution >= 0.6 is 50.3 Å². The van der Waals surface area contributed by atoms with E-state index < -0.39 is 132 Å². The van der Waals surface area contributed by atoms with Gasteiger partial charge in [-0.25, -0.2) is 49.0 Å². The molecule has 6 aromatic heterocycles. The van der Waals surface area contributed by atoms with Crippen LogP contribution in [0.5, 0.6) is 11.5 Å². The summed E-state index contributed by atoms with van der Waals surface area (Å²) in [5.41, 5.74) is 31.1. The number of ether oxygens (including phenoxy) is 5. The Morgan fingerprint density at radius 2 is 0.969 bits per heavy atom. The standard InChI is InChI=1S/C22H27N6O8PS.C12H15N5O4S.C12H13N5O4.C10H13ClNO4P/c1-11(22(31)33-2)27-37(32,36-12-6-4-3-5-7-12)34-9-14-16(29)17(30)21(35-14)28-8-13(19(24)38)15-18(23)25-10-26-20(15)28;13-9-6-4(10(14)22)1-17(11(6)16-3-15-9)12-8(20)7(19)5(2-18)21-12;1-14-5-2-17(11-7(5)10(13)15-4-16-11)12-9(20)8(19)6(3-18)21-12;1-8(10(13)15-2)12-17(11,14)16-9-6-4-3-5-7-9/h3-8,10-11,14,16-17,21,29-30H,9H2,1-2H3,(H2,24,38)(H,27,32)(H2,23,25,26);1,3,5,7-8,12,18-20H,2H2,(H2,14,22)(H2,13,15,16);2,4,6,8-9,12,18-20H,3H2,(H2,13,15,16);3-8H,1-2H3,(H,12,14)/t11?,14?,16?,17-,21-,37?;5?,7?,8-,12-;6?,8?,9-,12-;/m111./s1. The number of para-hydroxylation sites is 2. The van der Waals surface area contributed by atoms with E-state index in [4.69, 9.17) is 104 Å². The Kier molecular flexibility index (Phi) is 25.1. The number of aliphatic hydroxyl groups excluding tert-OH is 8. The number of thiocarbonyl (C=S) groups is 2. The highest BCUT2D eigenvalue weighted by atomic mass is 35.7. The van der Waals surface area contributed by atoms with E-state index in [9.17, 15) is 54.5 Å². The predicted molar refractivity (Wildman–Crippen MR) is 356 cm³/mol. The van der Waals surface area contributed by atoms with E-state index in [1.165, 1.54) is 73.1 Å². The number of rotatable bonds is 20. The molecule has 0 amide bonds. The number of hydrogen-bond donors (Lipinski definition) is 15. The van der Waals surface area contributed by atoms with Crippen molar-refractivity contribution in [3.05, 3.63) is 121 Å². The van der Waals surface area contributed by atoms with Crippen LogP contribution < -0.4 is 47.9 Å². The molecule has 0 saturated carbocycles.